The average molecular weight is 353 g/mol. The largest absolute Gasteiger partial charge is 0.355 e. The normalized spacial score (nSPS) is 15.5. The monoisotopic (exact) mass is 353 g/mol. The maximum Gasteiger partial charge on any atom is 0.0468 e. The van der Waals surface area contributed by atoms with Crippen LogP contribution in [0.1, 0.15) is 28.7 Å². The number of allylic oxidation sites excluding steroid dienone is 1. The Kier molecular flexibility index (Phi) is 3.12. The minimum Gasteiger partial charge on any atom is -0.355 e. The van der Waals surface area contributed by atoms with Crippen LogP contribution in [0, 0.1) is 0 Å². The van der Waals surface area contributed by atoms with Crippen LogP contribution in [0.3, 0.4) is 0 Å². The minimum absolute atomic E-state index is 1.11. The highest BCUT2D eigenvalue weighted by molar-refractivity contribution is 7.99. The predicted molar refractivity (Wildman–Crippen MR) is 111 cm³/mol. The van der Waals surface area contributed by atoms with Crippen LogP contribution in [0.4, 0.5) is 0 Å². The third-order valence-electron chi connectivity index (χ3n) is 5.82. The van der Waals surface area contributed by atoms with Gasteiger partial charge in [-0.1, -0.05) is 54.2 Å². The molecule has 0 fully saturated rings. The summed E-state index contributed by atoms with van der Waals surface area (Å²) in [7, 11) is 0. The second kappa shape index (κ2) is 5.52. The van der Waals surface area contributed by atoms with Gasteiger partial charge >= 0.3 is 0 Å². The lowest BCUT2D eigenvalue weighted by molar-refractivity contribution is 0.918. The quantitative estimate of drug-likeness (QED) is 0.380. The van der Waals surface area contributed by atoms with E-state index in [4.69, 9.17) is 0 Å². The molecule has 0 bridgehead atoms. The molecule has 1 aromatic heterocycles. The number of hydrogen-bond donors (Lipinski definition) is 1. The van der Waals surface area contributed by atoms with Gasteiger partial charge in [-0.25, -0.2) is 0 Å². The molecule has 0 saturated carbocycles. The van der Waals surface area contributed by atoms with Gasteiger partial charge in [-0.3, -0.25) is 0 Å². The Morgan fingerprint density at radius 3 is 2.73 bits per heavy atom. The Morgan fingerprint density at radius 2 is 1.73 bits per heavy atom. The van der Waals surface area contributed by atoms with Gasteiger partial charge in [0.25, 0.3) is 0 Å². The van der Waals surface area contributed by atoms with Crippen LogP contribution < -0.4 is 0 Å². The molecule has 0 spiro atoms. The number of aryl methyl sites for hydroxylation is 3. The summed E-state index contributed by atoms with van der Waals surface area (Å²) in [6.07, 6.45) is 9.25. The highest BCUT2D eigenvalue weighted by Gasteiger charge is 2.21. The fourth-order valence-corrected chi connectivity index (χ4v) is 5.85. The molecule has 0 unspecified atom stereocenters. The van der Waals surface area contributed by atoms with E-state index in [-0.39, 0.29) is 0 Å². The summed E-state index contributed by atoms with van der Waals surface area (Å²) in [6.45, 7) is 0. The topological polar surface area (TPSA) is 15.8 Å². The smallest absolute Gasteiger partial charge is 0.0468 e. The molecule has 1 aliphatic heterocycles. The van der Waals surface area contributed by atoms with E-state index in [2.05, 4.69) is 65.7 Å². The van der Waals surface area contributed by atoms with Crippen LogP contribution in [-0.4, -0.2) is 4.98 Å². The van der Waals surface area contributed by atoms with Crippen molar-refractivity contribution in [3.8, 4) is 0 Å². The number of rotatable bonds is 0. The molecule has 1 aliphatic carbocycles. The number of aromatic amines is 1. The van der Waals surface area contributed by atoms with Crippen LogP contribution in [0.15, 0.2) is 64.4 Å². The molecule has 0 amide bonds. The van der Waals surface area contributed by atoms with Crippen molar-refractivity contribution < 1.29 is 0 Å². The highest BCUT2D eigenvalue weighted by Crippen LogP contribution is 2.44. The van der Waals surface area contributed by atoms with Crippen molar-refractivity contribution in [2.75, 3.05) is 0 Å². The van der Waals surface area contributed by atoms with Crippen LogP contribution in [-0.2, 0) is 19.3 Å². The molecule has 126 valence electrons. The zero-order valence-corrected chi connectivity index (χ0v) is 15.3. The Bertz CT molecular complexity index is 1210. The van der Waals surface area contributed by atoms with Crippen LogP contribution >= 0.6 is 11.8 Å². The summed E-state index contributed by atoms with van der Waals surface area (Å²) >= 11 is 1.98. The fourth-order valence-electron chi connectivity index (χ4n) is 4.55. The molecule has 1 nitrogen and oxygen atoms in total. The van der Waals surface area contributed by atoms with Crippen molar-refractivity contribution in [1.29, 1.82) is 0 Å². The third-order valence-corrected chi connectivity index (χ3v) is 7.11. The lowest BCUT2D eigenvalue weighted by Crippen LogP contribution is -1.99. The minimum atomic E-state index is 1.11. The first-order valence-electron chi connectivity index (χ1n) is 9.40. The maximum atomic E-state index is 3.60. The fraction of sp³-hybridized carbons (Fsp3) is 0.167. The molecule has 1 N–H and O–H groups in total. The standard InChI is InChI=1S/C24H19NS/c1-2-6-17-15(5-1)9-10-16-11-12-19-22(26-24(16)17)14-13-21-23(19)18-7-3-4-8-20(18)25-21/h2-4,6-10,13-14,25H,1,5,11-12H2. The Balaban J connectivity index is 1.61. The van der Waals surface area contributed by atoms with E-state index in [1.54, 1.807) is 0 Å². The number of hydrogen-bond acceptors (Lipinski definition) is 1. The predicted octanol–water partition coefficient (Wildman–Crippen LogP) is 6.53. The van der Waals surface area contributed by atoms with Gasteiger partial charge in [0.05, 0.1) is 0 Å². The second-order valence-electron chi connectivity index (χ2n) is 7.31. The molecule has 3 aromatic carbocycles. The average Bonchev–Trinajstić information content (AvgIpc) is 2.95. The molecule has 0 saturated heterocycles. The Hall–Kier alpha value is -2.45. The van der Waals surface area contributed by atoms with Crippen LogP contribution in [0.2, 0.25) is 0 Å². The van der Waals surface area contributed by atoms with Gasteiger partial charge in [-0.05, 0) is 66.1 Å². The third kappa shape index (κ3) is 2.05. The van der Waals surface area contributed by atoms with E-state index in [1.165, 1.54) is 66.7 Å². The van der Waals surface area contributed by atoms with Gasteiger partial charge in [0, 0.05) is 31.6 Å². The highest BCUT2D eigenvalue weighted by atomic mass is 32.2. The molecule has 4 aromatic rings. The molecule has 2 aliphatic rings. The van der Waals surface area contributed by atoms with Crippen LogP contribution in [0.25, 0.3) is 27.9 Å². The molecule has 2 heteroatoms. The summed E-state index contributed by atoms with van der Waals surface area (Å²) in [6, 6.07) is 18.0. The molecular formula is C24H19NS. The lowest BCUT2D eigenvalue weighted by atomic mass is 9.93. The first-order chi connectivity index (χ1) is 12.9. The Labute approximate surface area is 157 Å². The van der Waals surface area contributed by atoms with Gasteiger partial charge in [0.1, 0.15) is 0 Å². The van der Waals surface area contributed by atoms with E-state index in [1.807, 2.05) is 11.8 Å². The van der Waals surface area contributed by atoms with Crippen molar-refractivity contribution in [3.63, 3.8) is 0 Å². The molecular weight excluding hydrogens is 334 g/mol. The van der Waals surface area contributed by atoms with E-state index in [0.29, 0.717) is 0 Å². The summed E-state index contributed by atoms with van der Waals surface area (Å²) in [5.74, 6) is 0. The number of benzene rings is 3. The van der Waals surface area contributed by atoms with Crippen molar-refractivity contribution in [3.05, 3.63) is 76.9 Å². The summed E-state index contributed by atoms with van der Waals surface area (Å²) < 4.78 is 0. The van der Waals surface area contributed by atoms with Crippen molar-refractivity contribution in [1.82, 2.24) is 4.98 Å². The number of para-hydroxylation sites is 1. The molecule has 0 atom stereocenters. The molecule has 0 radical (unpaired) electrons. The van der Waals surface area contributed by atoms with E-state index in [0.717, 1.165) is 12.8 Å². The summed E-state index contributed by atoms with van der Waals surface area (Å²) in [5.41, 5.74) is 8.49. The van der Waals surface area contributed by atoms with Gasteiger partial charge in [-0.2, -0.15) is 0 Å². The molecule has 26 heavy (non-hydrogen) atoms. The Morgan fingerprint density at radius 1 is 0.808 bits per heavy atom. The lowest BCUT2D eigenvalue weighted by Gasteiger charge is -2.17. The van der Waals surface area contributed by atoms with E-state index in [9.17, 15) is 0 Å². The van der Waals surface area contributed by atoms with E-state index < -0.39 is 0 Å². The zero-order valence-electron chi connectivity index (χ0n) is 14.5. The van der Waals surface area contributed by atoms with Crippen molar-refractivity contribution >= 4 is 39.6 Å². The van der Waals surface area contributed by atoms with Gasteiger partial charge in [0.15, 0.2) is 0 Å². The molecule has 6 rings (SSSR count). The van der Waals surface area contributed by atoms with Gasteiger partial charge in [0.2, 0.25) is 0 Å². The number of nitrogens with one attached hydrogen (secondary N) is 1. The van der Waals surface area contributed by atoms with Crippen LogP contribution in [0.5, 0.6) is 0 Å². The van der Waals surface area contributed by atoms with Crippen molar-refractivity contribution in [2.24, 2.45) is 0 Å². The first kappa shape index (κ1) is 14.7. The summed E-state index contributed by atoms with van der Waals surface area (Å²) in [5, 5.41) is 2.77. The van der Waals surface area contributed by atoms with E-state index >= 15 is 0 Å². The number of H-pyrrole nitrogens is 1. The zero-order chi connectivity index (χ0) is 17.1. The number of aromatic nitrogens is 1. The SMILES string of the molecule is C1=Cc2c(ccc3c2Sc2ccc4[nH]c5ccccc5c4c2CC3)CC1. The summed E-state index contributed by atoms with van der Waals surface area (Å²) in [4.78, 5) is 6.51. The molecule has 2 heterocycles. The number of fused-ring (bicyclic) bond motifs is 8. The van der Waals surface area contributed by atoms with Gasteiger partial charge in [-0.15, -0.1) is 0 Å². The van der Waals surface area contributed by atoms with Crippen molar-refractivity contribution in [2.45, 2.75) is 35.5 Å². The van der Waals surface area contributed by atoms with Gasteiger partial charge < -0.3 is 4.98 Å². The first-order valence-corrected chi connectivity index (χ1v) is 10.2. The maximum absolute atomic E-state index is 3.60. The second-order valence-corrected chi connectivity index (χ2v) is 8.36.